The number of allylic oxidation sites excluding steroid dienone is 2. The number of rotatable bonds is 5. The summed E-state index contributed by atoms with van der Waals surface area (Å²) in [5.74, 6) is 0.286. The molecular formula is C22H27F3N2O4S. The summed E-state index contributed by atoms with van der Waals surface area (Å²) in [6.45, 7) is 0.633. The van der Waals surface area contributed by atoms with Gasteiger partial charge in [-0.15, -0.1) is 0 Å². The van der Waals surface area contributed by atoms with Gasteiger partial charge >= 0.3 is 16.3 Å². The number of fused-ring (bicyclic) bond motifs is 3. The van der Waals surface area contributed by atoms with E-state index in [1.807, 2.05) is 13.1 Å². The van der Waals surface area contributed by atoms with Crippen molar-refractivity contribution < 1.29 is 30.5 Å². The summed E-state index contributed by atoms with van der Waals surface area (Å²) in [5, 5.41) is 6.54. The second-order valence-electron chi connectivity index (χ2n) is 8.60. The Morgan fingerprint density at radius 2 is 2.06 bits per heavy atom. The number of anilines is 1. The van der Waals surface area contributed by atoms with Gasteiger partial charge in [0.05, 0.1) is 24.0 Å². The smallest absolute Gasteiger partial charge is 0.383 e. The fourth-order valence-electron chi connectivity index (χ4n) is 4.89. The van der Waals surface area contributed by atoms with Crippen molar-refractivity contribution in [3.63, 3.8) is 0 Å². The van der Waals surface area contributed by atoms with Gasteiger partial charge in [0, 0.05) is 35.7 Å². The van der Waals surface area contributed by atoms with Crippen molar-refractivity contribution in [3.05, 3.63) is 53.3 Å². The first kappa shape index (κ1) is 23.1. The van der Waals surface area contributed by atoms with Gasteiger partial charge in [-0.3, -0.25) is 0 Å². The maximum atomic E-state index is 13.4. The molecule has 10 heteroatoms. The minimum absolute atomic E-state index is 0.0143. The minimum Gasteiger partial charge on any atom is -0.383 e. The lowest BCUT2D eigenvalue weighted by molar-refractivity contribution is -0.138. The number of likely N-dealkylation sites (N-methyl/N-ethyl adjacent to an activating group) is 1. The molecule has 0 spiro atoms. The molecule has 0 aromatic heterocycles. The summed E-state index contributed by atoms with van der Waals surface area (Å²) in [4.78, 5) is 0. The second kappa shape index (κ2) is 8.72. The van der Waals surface area contributed by atoms with Gasteiger partial charge in [-0.1, -0.05) is 6.08 Å². The fourth-order valence-corrected chi connectivity index (χ4v) is 5.37. The fraction of sp³-hybridized carbons (Fsp3) is 0.545. The molecule has 1 unspecified atom stereocenters. The summed E-state index contributed by atoms with van der Waals surface area (Å²) >= 11 is 0. The molecular weight excluding hydrogens is 445 g/mol. The van der Waals surface area contributed by atoms with Crippen LogP contribution in [0.25, 0.3) is 0 Å². The Labute approximate surface area is 186 Å². The average Bonchev–Trinajstić information content (AvgIpc) is 2.72. The molecule has 1 aliphatic carbocycles. The molecule has 2 aliphatic heterocycles. The van der Waals surface area contributed by atoms with E-state index in [-0.39, 0.29) is 29.7 Å². The normalized spacial score (nSPS) is 30.0. The number of benzene rings is 1. The van der Waals surface area contributed by atoms with E-state index in [4.69, 9.17) is 8.92 Å². The third-order valence-corrected chi connectivity index (χ3v) is 6.75. The van der Waals surface area contributed by atoms with Crippen LogP contribution in [0.3, 0.4) is 0 Å². The highest BCUT2D eigenvalue weighted by Gasteiger charge is 2.45. The standard InChI is InChI=1S/C22H27F3N2O4S/c1-26-12-16-8-9-17-20(13-3-6-15(7-4-13)31-32(2,28)29)27-19-10-5-14(22(23,24)25)11-18(19)21(17)30-16/h3,5-7,10-11,13,16-17,20-21,26-27H,4,8-9,12H2,1-2H3/t13?,16-,17+,20+,21+/m1/s1. The Hall–Kier alpha value is -2.04. The lowest BCUT2D eigenvalue weighted by Crippen LogP contribution is -2.48. The Morgan fingerprint density at radius 1 is 1.28 bits per heavy atom. The third-order valence-electron chi connectivity index (χ3n) is 6.26. The largest absolute Gasteiger partial charge is 0.416 e. The van der Waals surface area contributed by atoms with Crippen LogP contribution in [-0.4, -0.2) is 40.4 Å². The van der Waals surface area contributed by atoms with Gasteiger partial charge < -0.3 is 19.6 Å². The first-order valence-corrected chi connectivity index (χ1v) is 12.4. The molecule has 1 aromatic carbocycles. The lowest BCUT2D eigenvalue weighted by atomic mass is 9.72. The van der Waals surface area contributed by atoms with Crippen molar-refractivity contribution in [2.24, 2.45) is 11.8 Å². The van der Waals surface area contributed by atoms with E-state index in [0.29, 0.717) is 24.2 Å². The van der Waals surface area contributed by atoms with Crippen molar-refractivity contribution in [1.82, 2.24) is 5.32 Å². The third kappa shape index (κ3) is 4.97. The molecule has 1 aromatic rings. The predicted octanol–water partition coefficient (Wildman–Crippen LogP) is 3.99. The van der Waals surface area contributed by atoms with Gasteiger partial charge in [0.2, 0.25) is 0 Å². The first-order valence-electron chi connectivity index (χ1n) is 10.6. The zero-order chi connectivity index (χ0) is 23.1. The Bertz CT molecular complexity index is 1020. The zero-order valence-electron chi connectivity index (χ0n) is 17.9. The Kier molecular flexibility index (Phi) is 6.30. The molecule has 2 N–H and O–H groups in total. The van der Waals surface area contributed by atoms with Crippen LogP contribution >= 0.6 is 0 Å². The number of hydrogen-bond acceptors (Lipinski definition) is 6. The summed E-state index contributed by atoms with van der Waals surface area (Å²) in [5.41, 5.74) is 0.501. The zero-order valence-corrected chi connectivity index (χ0v) is 18.7. The van der Waals surface area contributed by atoms with Crippen LogP contribution < -0.4 is 10.6 Å². The molecule has 4 rings (SSSR count). The maximum Gasteiger partial charge on any atom is 0.416 e. The van der Waals surface area contributed by atoms with Crippen molar-refractivity contribution in [1.29, 1.82) is 0 Å². The number of ether oxygens (including phenoxy) is 1. The SMILES string of the molecule is CNC[C@H]1CC[C@@H]2[C@H](O1)c1cc(C(F)(F)F)ccc1N[C@H]2C1C=CC(OS(C)(=O)=O)=CC1. The van der Waals surface area contributed by atoms with E-state index < -0.39 is 28.0 Å². The maximum absolute atomic E-state index is 13.4. The van der Waals surface area contributed by atoms with E-state index in [9.17, 15) is 21.6 Å². The Balaban J connectivity index is 1.62. The van der Waals surface area contributed by atoms with Crippen LogP contribution in [0.2, 0.25) is 0 Å². The molecule has 0 amide bonds. The lowest BCUT2D eigenvalue weighted by Gasteiger charge is -2.47. The molecule has 176 valence electrons. The molecule has 3 aliphatic rings. The molecule has 1 fully saturated rings. The molecule has 0 saturated carbocycles. The summed E-state index contributed by atoms with van der Waals surface area (Å²) in [6, 6.07) is 3.71. The summed E-state index contributed by atoms with van der Waals surface area (Å²) < 4.78 is 74.1. The highest BCUT2D eigenvalue weighted by molar-refractivity contribution is 7.86. The van der Waals surface area contributed by atoms with Gasteiger partial charge in [0.1, 0.15) is 5.76 Å². The summed E-state index contributed by atoms with van der Waals surface area (Å²) in [7, 11) is -1.78. The number of alkyl halides is 3. The van der Waals surface area contributed by atoms with Crippen LogP contribution in [0.1, 0.15) is 36.5 Å². The highest BCUT2D eigenvalue weighted by atomic mass is 32.2. The van der Waals surface area contributed by atoms with Crippen LogP contribution in [0.15, 0.2) is 42.2 Å². The molecule has 1 saturated heterocycles. The van der Waals surface area contributed by atoms with Crippen molar-refractivity contribution in [2.45, 2.75) is 43.7 Å². The number of hydrogen-bond donors (Lipinski definition) is 2. The van der Waals surface area contributed by atoms with Crippen molar-refractivity contribution >= 4 is 15.8 Å². The molecule has 0 radical (unpaired) electrons. The number of nitrogens with one attached hydrogen (secondary N) is 2. The topological polar surface area (TPSA) is 76.7 Å². The highest BCUT2D eigenvalue weighted by Crippen LogP contribution is 2.49. The van der Waals surface area contributed by atoms with Gasteiger partial charge in [0.15, 0.2) is 0 Å². The average molecular weight is 473 g/mol. The summed E-state index contributed by atoms with van der Waals surface area (Å²) in [6.07, 6.45) is 3.51. The van der Waals surface area contributed by atoms with Crippen molar-refractivity contribution in [3.8, 4) is 0 Å². The second-order valence-corrected chi connectivity index (χ2v) is 10.2. The van der Waals surface area contributed by atoms with Crippen LogP contribution in [0.4, 0.5) is 18.9 Å². The van der Waals surface area contributed by atoms with Crippen LogP contribution in [0.5, 0.6) is 0 Å². The van der Waals surface area contributed by atoms with Crippen LogP contribution in [0, 0.1) is 11.8 Å². The first-order chi connectivity index (χ1) is 15.0. The molecule has 32 heavy (non-hydrogen) atoms. The van der Waals surface area contributed by atoms with E-state index in [0.717, 1.165) is 25.2 Å². The molecule has 6 nitrogen and oxygen atoms in total. The van der Waals surface area contributed by atoms with E-state index in [1.54, 1.807) is 12.2 Å². The van der Waals surface area contributed by atoms with Gasteiger partial charge in [-0.05, 0) is 56.7 Å². The van der Waals surface area contributed by atoms with Gasteiger partial charge in [-0.2, -0.15) is 21.6 Å². The van der Waals surface area contributed by atoms with Crippen molar-refractivity contribution in [2.75, 3.05) is 25.2 Å². The molecule has 2 heterocycles. The van der Waals surface area contributed by atoms with E-state index in [2.05, 4.69) is 10.6 Å². The quantitative estimate of drug-likeness (QED) is 0.631. The monoisotopic (exact) mass is 472 g/mol. The number of halogens is 3. The van der Waals surface area contributed by atoms with E-state index in [1.165, 1.54) is 12.1 Å². The van der Waals surface area contributed by atoms with Crippen LogP contribution in [-0.2, 0) is 25.2 Å². The predicted molar refractivity (Wildman–Crippen MR) is 114 cm³/mol. The molecule has 5 atom stereocenters. The molecule has 0 bridgehead atoms. The Morgan fingerprint density at radius 3 is 2.69 bits per heavy atom. The van der Waals surface area contributed by atoms with Gasteiger partial charge in [-0.25, -0.2) is 0 Å². The minimum atomic E-state index is -4.42. The van der Waals surface area contributed by atoms with Gasteiger partial charge in [0.25, 0.3) is 0 Å². The van der Waals surface area contributed by atoms with E-state index >= 15 is 0 Å².